The minimum Gasteiger partial charge on any atom is -0.497 e. The molecule has 1 heterocycles. The number of hydrogen-bond donors (Lipinski definition) is 0. The molecule has 0 unspecified atom stereocenters. The Morgan fingerprint density at radius 1 is 0.864 bits per heavy atom. The predicted octanol–water partition coefficient (Wildman–Crippen LogP) is 1.68. The minimum atomic E-state index is -4.25. The Labute approximate surface area is 127 Å². The van der Waals surface area contributed by atoms with Crippen molar-refractivity contribution in [2.24, 2.45) is 0 Å². The SMILES string of the molecule is COc1ccc(S(=O)(=O)N2C(=O)c3ccccc3C2=O)cc1. The Morgan fingerprint density at radius 2 is 1.36 bits per heavy atom. The third-order valence-corrected chi connectivity index (χ3v) is 5.03. The van der Waals surface area contributed by atoms with Crippen LogP contribution in [-0.4, -0.2) is 31.6 Å². The molecule has 2 aromatic rings. The van der Waals surface area contributed by atoms with E-state index in [0.29, 0.717) is 10.1 Å². The van der Waals surface area contributed by atoms with E-state index in [1.165, 1.54) is 43.5 Å². The zero-order valence-electron chi connectivity index (χ0n) is 11.5. The molecular weight excluding hydrogens is 306 g/mol. The summed E-state index contributed by atoms with van der Waals surface area (Å²) in [6.45, 7) is 0. The van der Waals surface area contributed by atoms with E-state index in [4.69, 9.17) is 4.74 Å². The molecule has 112 valence electrons. The molecule has 0 fully saturated rings. The number of amides is 2. The summed E-state index contributed by atoms with van der Waals surface area (Å²) >= 11 is 0. The van der Waals surface area contributed by atoms with Crippen molar-refractivity contribution in [2.75, 3.05) is 7.11 Å². The molecule has 0 N–H and O–H groups in total. The second-order valence-electron chi connectivity index (χ2n) is 4.60. The number of sulfonamides is 1. The number of carbonyl (C=O) groups is 2. The first-order valence-electron chi connectivity index (χ1n) is 6.34. The second-order valence-corrected chi connectivity index (χ2v) is 6.39. The van der Waals surface area contributed by atoms with Crippen LogP contribution in [-0.2, 0) is 10.0 Å². The van der Waals surface area contributed by atoms with Gasteiger partial charge in [-0.3, -0.25) is 9.59 Å². The summed E-state index contributed by atoms with van der Waals surface area (Å²) < 4.78 is 30.4. The number of nitrogens with zero attached hydrogens (tertiary/aromatic N) is 1. The van der Waals surface area contributed by atoms with Gasteiger partial charge in [0.15, 0.2) is 0 Å². The fraction of sp³-hybridized carbons (Fsp3) is 0.0667. The molecular formula is C15H11NO5S. The van der Waals surface area contributed by atoms with Gasteiger partial charge in [-0.2, -0.15) is 4.31 Å². The summed E-state index contributed by atoms with van der Waals surface area (Å²) in [6.07, 6.45) is 0. The number of hydrogen-bond acceptors (Lipinski definition) is 5. The summed E-state index contributed by atoms with van der Waals surface area (Å²) in [4.78, 5) is 24.4. The molecule has 3 rings (SSSR count). The molecule has 0 atom stereocenters. The first-order valence-corrected chi connectivity index (χ1v) is 7.78. The number of ether oxygens (including phenoxy) is 1. The lowest BCUT2D eigenvalue weighted by molar-refractivity contribution is 0.0765. The molecule has 0 bridgehead atoms. The van der Waals surface area contributed by atoms with E-state index in [1.807, 2.05) is 0 Å². The van der Waals surface area contributed by atoms with Crippen LogP contribution in [0.3, 0.4) is 0 Å². The van der Waals surface area contributed by atoms with E-state index in [1.54, 1.807) is 12.1 Å². The highest BCUT2D eigenvalue weighted by molar-refractivity contribution is 7.90. The second kappa shape index (κ2) is 4.96. The van der Waals surface area contributed by atoms with Crippen molar-refractivity contribution in [2.45, 2.75) is 4.90 Å². The molecule has 0 radical (unpaired) electrons. The van der Waals surface area contributed by atoms with Crippen molar-refractivity contribution < 1.29 is 22.7 Å². The largest absolute Gasteiger partial charge is 0.497 e. The first kappa shape index (κ1) is 14.3. The first-order chi connectivity index (χ1) is 10.5. The van der Waals surface area contributed by atoms with Gasteiger partial charge in [0, 0.05) is 0 Å². The highest BCUT2D eigenvalue weighted by atomic mass is 32.2. The van der Waals surface area contributed by atoms with E-state index in [9.17, 15) is 18.0 Å². The van der Waals surface area contributed by atoms with Crippen molar-refractivity contribution in [1.82, 2.24) is 4.31 Å². The maximum atomic E-state index is 12.6. The van der Waals surface area contributed by atoms with Gasteiger partial charge in [0.1, 0.15) is 5.75 Å². The number of carbonyl (C=O) groups excluding carboxylic acids is 2. The number of fused-ring (bicyclic) bond motifs is 1. The van der Waals surface area contributed by atoms with Gasteiger partial charge in [0.05, 0.1) is 23.1 Å². The molecule has 0 aliphatic carbocycles. The van der Waals surface area contributed by atoms with E-state index >= 15 is 0 Å². The van der Waals surface area contributed by atoms with Gasteiger partial charge >= 0.3 is 0 Å². The molecule has 0 saturated carbocycles. The zero-order valence-corrected chi connectivity index (χ0v) is 12.3. The molecule has 7 heteroatoms. The van der Waals surface area contributed by atoms with Crippen LogP contribution >= 0.6 is 0 Å². The molecule has 6 nitrogen and oxygen atoms in total. The van der Waals surface area contributed by atoms with Gasteiger partial charge in [0.2, 0.25) is 0 Å². The average Bonchev–Trinajstić information content (AvgIpc) is 2.80. The maximum Gasteiger partial charge on any atom is 0.275 e. The van der Waals surface area contributed by atoms with Crippen molar-refractivity contribution >= 4 is 21.8 Å². The number of benzene rings is 2. The standard InChI is InChI=1S/C15H11NO5S/c1-21-10-6-8-11(9-7-10)22(19,20)16-14(17)12-4-2-3-5-13(12)15(16)18/h2-9H,1H3. The normalized spacial score (nSPS) is 14.1. The van der Waals surface area contributed by atoms with E-state index in [2.05, 4.69) is 0 Å². The van der Waals surface area contributed by atoms with Crippen molar-refractivity contribution in [3.05, 3.63) is 59.7 Å². The predicted molar refractivity (Wildman–Crippen MR) is 77.1 cm³/mol. The van der Waals surface area contributed by atoms with Gasteiger partial charge in [-0.25, -0.2) is 8.42 Å². The van der Waals surface area contributed by atoms with Crippen LogP contribution < -0.4 is 4.74 Å². The van der Waals surface area contributed by atoms with Crippen LogP contribution in [0.25, 0.3) is 0 Å². The van der Waals surface area contributed by atoms with Gasteiger partial charge in [-0.1, -0.05) is 12.1 Å². The molecule has 2 aromatic carbocycles. The highest BCUT2D eigenvalue weighted by Gasteiger charge is 2.43. The summed E-state index contributed by atoms with van der Waals surface area (Å²) in [7, 11) is -2.80. The van der Waals surface area contributed by atoms with Crippen LogP contribution in [0.1, 0.15) is 20.7 Å². The zero-order chi connectivity index (χ0) is 15.9. The lowest BCUT2D eigenvalue weighted by atomic mass is 10.1. The number of rotatable bonds is 3. The molecule has 1 aliphatic rings. The molecule has 0 aromatic heterocycles. The molecule has 1 aliphatic heterocycles. The van der Waals surface area contributed by atoms with Gasteiger partial charge in [-0.15, -0.1) is 0 Å². The van der Waals surface area contributed by atoms with Crippen LogP contribution in [0.5, 0.6) is 5.75 Å². The number of methoxy groups -OCH3 is 1. The fourth-order valence-electron chi connectivity index (χ4n) is 2.24. The lowest BCUT2D eigenvalue weighted by Gasteiger charge is -2.14. The Hall–Kier alpha value is -2.67. The lowest BCUT2D eigenvalue weighted by Crippen LogP contribution is -2.36. The van der Waals surface area contributed by atoms with Gasteiger partial charge < -0.3 is 4.74 Å². The molecule has 2 amide bonds. The monoisotopic (exact) mass is 317 g/mol. The van der Waals surface area contributed by atoms with Gasteiger partial charge in [0.25, 0.3) is 21.8 Å². The topological polar surface area (TPSA) is 80.8 Å². The molecule has 0 spiro atoms. The Kier molecular flexibility index (Phi) is 3.22. The van der Waals surface area contributed by atoms with Crippen molar-refractivity contribution in [3.8, 4) is 5.75 Å². The van der Waals surface area contributed by atoms with Crippen LogP contribution in [0.15, 0.2) is 53.4 Å². The third kappa shape index (κ3) is 1.98. The van der Waals surface area contributed by atoms with Crippen molar-refractivity contribution in [1.29, 1.82) is 0 Å². The van der Waals surface area contributed by atoms with Crippen LogP contribution in [0.4, 0.5) is 0 Å². The van der Waals surface area contributed by atoms with Crippen LogP contribution in [0.2, 0.25) is 0 Å². The van der Waals surface area contributed by atoms with Crippen LogP contribution in [0, 0.1) is 0 Å². The third-order valence-electron chi connectivity index (χ3n) is 3.35. The Bertz CT molecular complexity index is 836. The van der Waals surface area contributed by atoms with E-state index in [0.717, 1.165) is 0 Å². The fourth-order valence-corrected chi connectivity index (χ4v) is 3.56. The average molecular weight is 317 g/mol. The summed E-state index contributed by atoms with van der Waals surface area (Å²) in [5, 5.41) is 0. The Balaban J connectivity index is 2.07. The highest BCUT2D eigenvalue weighted by Crippen LogP contribution is 2.29. The van der Waals surface area contributed by atoms with Gasteiger partial charge in [-0.05, 0) is 36.4 Å². The quantitative estimate of drug-likeness (QED) is 0.805. The molecule has 22 heavy (non-hydrogen) atoms. The van der Waals surface area contributed by atoms with E-state index in [-0.39, 0.29) is 16.0 Å². The number of imide groups is 1. The molecule has 0 saturated heterocycles. The summed E-state index contributed by atoms with van der Waals surface area (Å²) in [5.74, 6) is -1.20. The van der Waals surface area contributed by atoms with Crippen molar-refractivity contribution in [3.63, 3.8) is 0 Å². The van der Waals surface area contributed by atoms with E-state index < -0.39 is 21.8 Å². The summed E-state index contributed by atoms with van der Waals surface area (Å²) in [6, 6.07) is 11.5. The maximum absolute atomic E-state index is 12.6. The smallest absolute Gasteiger partial charge is 0.275 e. The summed E-state index contributed by atoms with van der Waals surface area (Å²) in [5.41, 5.74) is 0.175. The Morgan fingerprint density at radius 3 is 1.82 bits per heavy atom. The minimum absolute atomic E-state index is 0.0876.